The van der Waals surface area contributed by atoms with Gasteiger partial charge in [-0.3, -0.25) is 4.79 Å². The monoisotopic (exact) mass is 251 g/mol. The Hall–Kier alpha value is -1.02. The van der Waals surface area contributed by atoms with Crippen LogP contribution in [0.5, 0.6) is 0 Å². The zero-order valence-electron chi connectivity index (χ0n) is 10.1. The molecule has 0 saturated carbocycles. The number of likely N-dealkylation sites (tertiary alicyclic amines) is 1. The lowest BCUT2D eigenvalue weighted by atomic mass is 10.0. The second-order valence-electron chi connectivity index (χ2n) is 4.61. The summed E-state index contributed by atoms with van der Waals surface area (Å²) < 4.78 is 0. The van der Waals surface area contributed by atoms with Gasteiger partial charge in [-0.25, -0.2) is 0 Å². The Morgan fingerprint density at radius 1 is 1.41 bits per heavy atom. The molecule has 2 atom stereocenters. The Balaban J connectivity index is 2.17. The molecule has 17 heavy (non-hydrogen) atoms. The Morgan fingerprint density at radius 3 is 2.65 bits per heavy atom. The van der Waals surface area contributed by atoms with Crippen molar-refractivity contribution < 1.29 is 4.79 Å². The minimum atomic E-state index is 0.205. The first kappa shape index (κ1) is 12.4. The van der Waals surface area contributed by atoms with Crippen LogP contribution in [-0.4, -0.2) is 23.2 Å². The van der Waals surface area contributed by atoms with E-state index < -0.39 is 0 Å². The highest BCUT2D eigenvalue weighted by atomic mass is 35.5. The topological polar surface area (TPSA) is 20.3 Å². The van der Waals surface area contributed by atoms with Gasteiger partial charge in [-0.2, -0.15) is 0 Å². The average molecular weight is 252 g/mol. The van der Waals surface area contributed by atoms with E-state index in [0.717, 1.165) is 13.0 Å². The summed E-state index contributed by atoms with van der Waals surface area (Å²) in [6, 6.07) is 10.4. The number of carbonyl (C=O) groups is 1. The lowest BCUT2D eigenvalue weighted by molar-refractivity contribution is -0.129. The van der Waals surface area contributed by atoms with Gasteiger partial charge in [0, 0.05) is 18.8 Å². The van der Waals surface area contributed by atoms with Gasteiger partial charge < -0.3 is 4.90 Å². The zero-order valence-corrected chi connectivity index (χ0v) is 10.9. The zero-order chi connectivity index (χ0) is 12.3. The summed E-state index contributed by atoms with van der Waals surface area (Å²) in [4.78, 5) is 14.0. The van der Waals surface area contributed by atoms with Crippen molar-refractivity contribution >= 4 is 17.5 Å². The van der Waals surface area contributed by atoms with Gasteiger partial charge in [0.1, 0.15) is 0 Å². The van der Waals surface area contributed by atoms with Crippen molar-refractivity contribution in [3.63, 3.8) is 0 Å². The molecular formula is C14H18ClNO. The minimum absolute atomic E-state index is 0.205. The van der Waals surface area contributed by atoms with Crippen molar-refractivity contribution in [3.05, 3.63) is 35.9 Å². The fraction of sp³-hybridized carbons (Fsp3) is 0.500. The van der Waals surface area contributed by atoms with Crippen LogP contribution in [0.25, 0.3) is 0 Å². The van der Waals surface area contributed by atoms with E-state index in [9.17, 15) is 4.79 Å². The molecule has 1 aromatic carbocycles. The van der Waals surface area contributed by atoms with Crippen LogP contribution in [0.15, 0.2) is 30.3 Å². The minimum Gasteiger partial charge on any atom is -0.335 e. The molecule has 1 amide bonds. The third kappa shape index (κ3) is 2.63. The second-order valence-corrected chi connectivity index (χ2v) is 4.91. The van der Waals surface area contributed by atoms with Crippen LogP contribution in [-0.2, 0) is 4.79 Å². The van der Waals surface area contributed by atoms with Gasteiger partial charge in [0.15, 0.2) is 0 Å². The molecule has 1 aliphatic rings. The quantitative estimate of drug-likeness (QED) is 0.753. The van der Waals surface area contributed by atoms with E-state index in [4.69, 9.17) is 11.6 Å². The van der Waals surface area contributed by atoms with Gasteiger partial charge in [0.2, 0.25) is 5.91 Å². The molecule has 0 bridgehead atoms. The highest BCUT2D eigenvalue weighted by molar-refractivity contribution is 6.18. The summed E-state index contributed by atoms with van der Waals surface area (Å²) >= 11 is 5.85. The lowest BCUT2D eigenvalue weighted by Crippen LogP contribution is -2.30. The van der Waals surface area contributed by atoms with Crippen LogP contribution < -0.4 is 0 Å². The first-order valence-corrected chi connectivity index (χ1v) is 6.70. The molecule has 92 valence electrons. The van der Waals surface area contributed by atoms with E-state index in [2.05, 4.69) is 19.1 Å². The molecule has 2 rings (SSSR count). The van der Waals surface area contributed by atoms with Crippen molar-refractivity contribution in [1.29, 1.82) is 0 Å². The molecule has 0 aliphatic carbocycles. The van der Waals surface area contributed by atoms with Gasteiger partial charge in [0.05, 0.1) is 6.04 Å². The Labute approximate surface area is 108 Å². The second kappa shape index (κ2) is 5.54. The van der Waals surface area contributed by atoms with E-state index in [1.807, 2.05) is 23.1 Å². The molecule has 2 nitrogen and oxygen atoms in total. The van der Waals surface area contributed by atoms with Crippen molar-refractivity contribution in [2.24, 2.45) is 5.92 Å². The Bertz CT molecular complexity index is 379. The number of halogens is 1. The highest BCUT2D eigenvalue weighted by Gasteiger charge is 2.33. The van der Waals surface area contributed by atoms with E-state index >= 15 is 0 Å². The predicted molar refractivity (Wildman–Crippen MR) is 70.0 cm³/mol. The molecule has 0 N–H and O–H groups in total. The van der Waals surface area contributed by atoms with Gasteiger partial charge >= 0.3 is 0 Å². The van der Waals surface area contributed by atoms with E-state index in [1.165, 1.54) is 5.56 Å². The van der Waals surface area contributed by atoms with Crippen LogP contribution in [0.3, 0.4) is 0 Å². The van der Waals surface area contributed by atoms with E-state index in [-0.39, 0.29) is 11.9 Å². The molecule has 1 aliphatic heterocycles. The molecule has 1 saturated heterocycles. The first-order chi connectivity index (χ1) is 8.26. The first-order valence-electron chi connectivity index (χ1n) is 6.16. The number of alkyl halides is 1. The fourth-order valence-electron chi connectivity index (χ4n) is 2.52. The van der Waals surface area contributed by atoms with Gasteiger partial charge in [-0.1, -0.05) is 37.3 Å². The molecule has 2 unspecified atom stereocenters. The molecule has 1 heterocycles. The van der Waals surface area contributed by atoms with E-state index in [0.29, 0.717) is 18.2 Å². The Kier molecular flexibility index (Phi) is 4.06. The average Bonchev–Trinajstić information content (AvgIpc) is 2.73. The van der Waals surface area contributed by atoms with Crippen molar-refractivity contribution in [2.75, 3.05) is 12.4 Å². The van der Waals surface area contributed by atoms with Crippen molar-refractivity contribution in [1.82, 2.24) is 4.90 Å². The maximum Gasteiger partial charge on any atom is 0.223 e. The normalized spacial score (nSPS) is 21.9. The lowest BCUT2D eigenvalue weighted by Gasteiger charge is -2.27. The van der Waals surface area contributed by atoms with Crippen LogP contribution >= 0.6 is 11.6 Å². The molecular weight excluding hydrogens is 234 g/mol. The van der Waals surface area contributed by atoms with Gasteiger partial charge in [-0.15, -0.1) is 11.6 Å². The summed E-state index contributed by atoms with van der Waals surface area (Å²) in [5, 5.41) is 0. The maximum atomic E-state index is 12.0. The molecule has 0 radical (unpaired) electrons. The molecule has 1 fully saturated rings. The van der Waals surface area contributed by atoms with Crippen LogP contribution in [0.2, 0.25) is 0 Å². The summed E-state index contributed by atoms with van der Waals surface area (Å²) in [5.74, 6) is 1.14. The summed E-state index contributed by atoms with van der Waals surface area (Å²) in [6.45, 7) is 2.93. The molecule has 3 heteroatoms. The number of rotatable bonds is 4. The standard InChI is InChI=1S/C14H18ClNO/c1-2-13(12-6-4-3-5-7-12)16-10-11(9-15)8-14(16)17/h3-7,11,13H,2,8-10H2,1H3. The Morgan fingerprint density at radius 2 is 2.12 bits per heavy atom. The number of hydrogen-bond donors (Lipinski definition) is 0. The number of benzene rings is 1. The van der Waals surface area contributed by atoms with Crippen LogP contribution in [0, 0.1) is 5.92 Å². The van der Waals surface area contributed by atoms with Gasteiger partial charge in [-0.05, 0) is 17.9 Å². The smallest absolute Gasteiger partial charge is 0.223 e. The fourth-order valence-corrected chi connectivity index (χ4v) is 2.73. The van der Waals surface area contributed by atoms with E-state index in [1.54, 1.807) is 0 Å². The number of amides is 1. The molecule has 0 aromatic heterocycles. The predicted octanol–water partition coefficient (Wildman–Crippen LogP) is 3.23. The SMILES string of the molecule is CCC(c1ccccc1)N1CC(CCl)CC1=O. The summed E-state index contributed by atoms with van der Waals surface area (Å²) in [6.07, 6.45) is 1.55. The molecule has 1 aromatic rings. The number of carbonyl (C=O) groups excluding carboxylic acids is 1. The van der Waals surface area contributed by atoms with Crippen molar-refractivity contribution in [2.45, 2.75) is 25.8 Å². The highest BCUT2D eigenvalue weighted by Crippen LogP contribution is 2.31. The van der Waals surface area contributed by atoms with Crippen molar-refractivity contribution in [3.8, 4) is 0 Å². The van der Waals surface area contributed by atoms with Crippen LogP contribution in [0.4, 0.5) is 0 Å². The summed E-state index contributed by atoms with van der Waals surface area (Å²) in [5.41, 5.74) is 1.22. The number of hydrogen-bond acceptors (Lipinski definition) is 1. The van der Waals surface area contributed by atoms with Gasteiger partial charge in [0.25, 0.3) is 0 Å². The number of nitrogens with zero attached hydrogens (tertiary/aromatic N) is 1. The third-order valence-electron chi connectivity index (χ3n) is 3.40. The largest absolute Gasteiger partial charge is 0.335 e. The molecule has 0 spiro atoms. The summed E-state index contributed by atoms with van der Waals surface area (Å²) in [7, 11) is 0. The van der Waals surface area contributed by atoms with Crippen LogP contribution in [0.1, 0.15) is 31.4 Å². The maximum absolute atomic E-state index is 12.0. The third-order valence-corrected chi connectivity index (χ3v) is 3.84.